The van der Waals surface area contributed by atoms with Gasteiger partial charge in [0.2, 0.25) is 0 Å². The molecule has 1 heterocycles. The fourth-order valence-electron chi connectivity index (χ4n) is 4.46. The van der Waals surface area contributed by atoms with Gasteiger partial charge < -0.3 is 14.9 Å². The predicted octanol–water partition coefficient (Wildman–Crippen LogP) is 6.12. The molecule has 0 unspecified atom stereocenters. The van der Waals surface area contributed by atoms with E-state index < -0.39 is 11.7 Å². The van der Waals surface area contributed by atoms with E-state index in [1.165, 1.54) is 23.4 Å². The lowest BCUT2D eigenvalue weighted by Crippen LogP contribution is -2.36. The van der Waals surface area contributed by atoms with Crippen molar-refractivity contribution in [1.82, 2.24) is 9.80 Å². The van der Waals surface area contributed by atoms with Gasteiger partial charge in [-0.2, -0.15) is 13.2 Å². The minimum atomic E-state index is -4.38. The summed E-state index contributed by atoms with van der Waals surface area (Å²) in [5.74, 6) is 0. The van der Waals surface area contributed by atoms with E-state index in [-0.39, 0.29) is 6.61 Å². The number of hydrogen-bond donors (Lipinski definition) is 1. The highest BCUT2D eigenvalue weighted by atomic mass is 32.2. The van der Waals surface area contributed by atoms with Crippen LogP contribution < -0.4 is 4.90 Å². The van der Waals surface area contributed by atoms with Crippen molar-refractivity contribution in [2.24, 2.45) is 0 Å². The van der Waals surface area contributed by atoms with E-state index in [0.29, 0.717) is 18.8 Å². The van der Waals surface area contributed by atoms with Crippen LogP contribution in [0.5, 0.6) is 0 Å². The van der Waals surface area contributed by atoms with Crippen LogP contribution in [-0.4, -0.2) is 61.3 Å². The van der Waals surface area contributed by atoms with Crippen molar-refractivity contribution >= 4 is 23.1 Å². The van der Waals surface area contributed by atoms with Gasteiger partial charge in [-0.15, -0.1) is 0 Å². The summed E-state index contributed by atoms with van der Waals surface area (Å²) in [4.78, 5) is 8.36. The summed E-state index contributed by atoms with van der Waals surface area (Å²) < 4.78 is 40.4. The molecule has 0 radical (unpaired) electrons. The number of likely N-dealkylation sites (N-methyl/N-ethyl adjacent to an activating group) is 1. The van der Waals surface area contributed by atoms with Gasteiger partial charge in [0.1, 0.15) is 0 Å². The van der Waals surface area contributed by atoms with Crippen LogP contribution in [0.1, 0.15) is 17.5 Å². The summed E-state index contributed by atoms with van der Waals surface area (Å²) in [5.41, 5.74) is 2.16. The zero-order valence-electron chi connectivity index (χ0n) is 20.4. The highest BCUT2D eigenvalue weighted by Gasteiger charge is 2.33. The van der Waals surface area contributed by atoms with Crippen molar-refractivity contribution in [2.75, 3.05) is 51.3 Å². The summed E-state index contributed by atoms with van der Waals surface area (Å²) in [6.07, 6.45) is -3.62. The van der Waals surface area contributed by atoms with Crippen LogP contribution in [-0.2, 0) is 12.7 Å². The number of halogens is 3. The number of hydrogen-bond acceptors (Lipinski definition) is 5. The van der Waals surface area contributed by atoms with Crippen LogP contribution in [0.4, 0.5) is 24.5 Å². The van der Waals surface area contributed by atoms with E-state index >= 15 is 0 Å². The van der Waals surface area contributed by atoms with Crippen LogP contribution in [0.2, 0.25) is 0 Å². The smallest absolute Gasteiger partial charge is 0.395 e. The number of nitrogens with zero attached hydrogens (tertiary/aromatic N) is 3. The van der Waals surface area contributed by atoms with Crippen LogP contribution in [0.25, 0.3) is 0 Å². The summed E-state index contributed by atoms with van der Waals surface area (Å²) in [6.45, 7) is 4.51. The molecular formula is C28H32F3N3OS. The van der Waals surface area contributed by atoms with Gasteiger partial charge in [0, 0.05) is 42.5 Å². The number of rotatable bonds is 11. The maximum Gasteiger partial charge on any atom is 0.416 e. The third-order valence-electron chi connectivity index (χ3n) is 6.32. The molecule has 0 amide bonds. The first-order chi connectivity index (χ1) is 17.3. The third kappa shape index (κ3) is 6.82. The summed E-state index contributed by atoms with van der Waals surface area (Å²) in [5, 5.41) is 9.58. The Hall–Kier alpha value is -2.52. The van der Waals surface area contributed by atoms with E-state index in [2.05, 4.69) is 29.0 Å². The van der Waals surface area contributed by atoms with Crippen LogP contribution in [0.3, 0.4) is 0 Å². The molecule has 4 rings (SSSR count). The maximum absolute atomic E-state index is 13.5. The summed E-state index contributed by atoms with van der Waals surface area (Å²) in [7, 11) is 2.08. The Balaban J connectivity index is 1.41. The molecule has 8 heteroatoms. The number of para-hydroxylation sites is 1. The lowest BCUT2D eigenvalue weighted by molar-refractivity contribution is -0.137. The van der Waals surface area contributed by atoms with Crippen molar-refractivity contribution in [2.45, 2.75) is 28.9 Å². The van der Waals surface area contributed by atoms with Gasteiger partial charge in [-0.1, -0.05) is 54.2 Å². The molecule has 1 aliphatic heterocycles. The number of anilines is 2. The van der Waals surface area contributed by atoms with Gasteiger partial charge in [0.05, 0.1) is 23.5 Å². The second-order valence-electron chi connectivity index (χ2n) is 9.04. The Kier molecular flexibility index (Phi) is 8.95. The summed E-state index contributed by atoms with van der Waals surface area (Å²) >= 11 is 1.51. The van der Waals surface area contributed by atoms with Crippen LogP contribution in [0.15, 0.2) is 82.6 Å². The second-order valence-corrected chi connectivity index (χ2v) is 10.1. The topological polar surface area (TPSA) is 30.0 Å². The molecule has 192 valence electrons. The Bertz CT molecular complexity index is 1130. The van der Waals surface area contributed by atoms with Gasteiger partial charge in [-0.25, -0.2) is 0 Å². The average Bonchev–Trinajstić information content (AvgIpc) is 2.86. The van der Waals surface area contributed by atoms with Gasteiger partial charge >= 0.3 is 6.18 Å². The Morgan fingerprint density at radius 2 is 1.56 bits per heavy atom. The monoisotopic (exact) mass is 515 g/mol. The van der Waals surface area contributed by atoms with E-state index in [1.807, 2.05) is 47.4 Å². The van der Waals surface area contributed by atoms with Gasteiger partial charge in [0.15, 0.2) is 0 Å². The number of aliphatic hydroxyl groups is 1. The van der Waals surface area contributed by atoms with Crippen molar-refractivity contribution < 1.29 is 18.3 Å². The van der Waals surface area contributed by atoms with E-state index in [4.69, 9.17) is 0 Å². The fraction of sp³-hybridized carbons (Fsp3) is 0.357. The first kappa shape index (κ1) is 26.5. The van der Waals surface area contributed by atoms with Crippen molar-refractivity contribution in [1.29, 1.82) is 0 Å². The molecule has 3 aromatic rings. The molecule has 36 heavy (non-hydrogen) atoms. The number of fused-ring (bicyclic) bond motifs is 2. The molecule has 0 aromatic heterocycles. The first-order valence-corrected chi connectivity index (χ1v) is 13.0. The minimum Gasteiger partial charge on any atom is -0.395 e. The lowest BCUT2D eigenvalue weighted by Gasteiger charge is -2.34. The maximum atomic E-state index is 13.5. The Labute approximate surface area is 215 Å². The van der Waals surface area contributed by atoms with Crippen molar-refractivity contribution in [3.05, 3.63) is 83.9 Å². The quantitative estimate of drug-likeness (QED) is 0.332. The third-order valence-corrected chi connectivity index (χ3v) is 7.45. The van der Waals surface area contributed by atoms with E-state index in [1.54, 1.807) is 6.07 Å². The van der Waals surface area contributed by atoms with E-state index in [0.717, 1.165) is 54.1 Å². The molecule has 4 nitrogen and oxygen atoms in total. The summed E-state index contributed by atoms with van der Waals surface area (Å²) in [6, 6.07) is 22.2. The molecule has 1 aliphatic rings. The van der Waals surface area contributed by atoms with Gasteiger partial charge in [-0.05, 0) is 55.9 Å². The molecule has 0 aliphatic carbocycles. The Morgan fingerprint density at radius 3 is 2.31 bits per heavy atom. The molecule has 0 spiro atoms. The zero-order valence-corrected chi connectivity index (χ0v) is 21.2. The SMILES string of the molecule is CN(CCN(CCO)CCCN1c2ccccc2Sc2ccc(C(F)(F)F)cc21)Cc1ccccc1. The molecule has 0 saturated heterocycles. The molecule has 0 fully saturated rings. The molecular weight excluding hydrogens is 483 g/mol. The molecule has 0 atom stereocenters. The molecule has 0 saturated carbocycles. The minimum absolute atomic E-state index is 0.0728. The average molecular weight is 516 g/mol. The predicted molar refractivity (Wildman–Crippen MR) is 140 cm³/mol. The number of aliphatic hydroxyl groups excluding tert-OH is 1. The highest BCUT2D eigenvalue weighted by Crippen LogP contribution is 2.49. The number of alkyl halides is 3. The van der Waals surface area contributed by atoms with Crippen LogP contribution in [0, 0.1) is 0 Å². The zero-order chi connectivity index (χ0) is 25.5. The molecule has 1 N–H and O–H groups in total. The standard InChI is InChI=1S/C28H32F3N3OS/c1-32(21-22-8-3-2-4-9-22)16-17-33(18-19-35)14-7-15-34-24-10-5-6-11-26(24)36-27-13-12-23(20-25(27)34)28(29,30)31/h2-6,8-13,20,35H,7,14-19,21H2,1H3. The first-order valence-electron chi connectivity index (χ1n) is 12.2. The van der Waals surface area contributed by atoms with Crippen molar-refractivity contribution in [3.8, 4) is 0 Å². The Morgan fingerprint density at radius 1 is 0.833 bits per heavy atom. The molecule has 0 bridgehead atoms. The van der Waals surface area contributed by atoms with Gasteiger partial charge in [0.25, 0.3) is 0 Å². The second kappa shape index (κ2) is 12.1. The molecule has 3 aromatic carbocycles. The highest BCUT2D eigenvalue weighted by molar-refractivity contribution is 7.99. The van der Waals surface area contributed by atoms with E-state index in [9.17, 15) is 18.3 Å². The van der Waals surface area contributed by atoms with Crippen LogP contribution >= 0.6 is 11.8 Å². The van der Waals surface area contributed by atoms with Gasteiger partial charge in [-0.3, -0.25) is 4.90 Å². The fourth-order valence-corrected chi connectivity index (χ4v) is 5.54. The normalized spacial score (nSPS) is 13.2. The van der Waals surface area contributed by atoms with Crippen molar-refractivity contribution in [3.63, 3.8) is 0 Å². The number of benzene rings is 3. The largest absolute Gasteiger partial charge is 0.416 e. The lowest BCUT2D eigenvalue weighted by atomic mass is 10.1.